The lowest BCUT2D eigenvalue weighted by atomic mass is 9.58. The van der Waals surface area contributed by atoms with Crippen LogP contribution in [0.4, 0.5) is 0 Å². The van der Waals surface area contributed by atoms with Crippen molar-refractivity contribution in [1.29, 1.82) is 0 Å². The molecule has 0 saturated heterocycles. The summed E-state index contributed by atoms with van der Waals surface area (Å²) in [4.78, 5) is 0. The van der Waals surface area contributed by atoms with E-state index in [0.717, 1.165) is 12.8 Å². The third-order valence-electron chi connectivity index (χ3n) is 3.61. The van der Waals surface area contributed by atoms with E-state index >= 15 is 0 Å². The fraction of sp³-hybridized carbons (Fsp3) is 0.818. The monoisotopic (exact) mass is 184 g/mol. The standard InChI is InChI=1S/C11H20O2/c1-5-11(13)9(2,3)7-6-8-10(11,4)12/h5,12-13H,1,6-8H2,2-4H3. The molecule has 2 atom stereocenters. The maximum atomic E-state index is 10.4. The van der Waals surface area contributed by atoms with Crippen molar-refractivity contribution in [2.75, 3.05) is 0 Å². The van der Waals surface area contributed by atoms with E-state index in [4.69, 9.17) is 0 Å². The summed E-state index contributed by atoms with van der Waals surface area (Å²) in [7, 11) is 0. The van der Waals surface area contributed by atoms with Crippen molar-refractivity contribution in [2.45, 2.75) is 51.2 Å². The molecule has 0 aromatic rings. The molecule has 0 heterocycles. The van der Waals surface area contributed by atoms with Crippen molar-refractivity contribution < 1.29 is 10.2 Å². The van der Waals surface area contributed by atoms with Crippen molar-refractivity contribution in [3.8, 4) is 0 Å². The molecule has 2 N–H and O–H groups in total. The molecule has 1 aliphatic rings. The van der Waals surface area contributed by atoms with Crippen LogP contribution >= 0.6 is 0 Å². The van der Waals surface area contributed by atoms with Crippen molar-refractivity contribution in [3.05, 3.63) is 12.7 Å². The average molecular weight is 184 g/mol. The van der Waals surface area contributed by atoms with Crippen molar-refractivity contribution in [3.63, 3.8) is 0 Å². The predicted molar refractivity (Wildman–Crippen MR) is 53.4 cm³/mol. The van der Waals surface area contributed by atoms with Gasteiger partial charge >= 0.3 is 0 Å². The van der Waals surface area contributed by atoms with E-state index in [1.807, 2.05) is 13.8 Å². The molecule has 2 unspecified atom stereocenters. The first kappa shape index (κ1) is 10.7. The number of aliphatic hydroxyl groups is 2. The molecular weight excluding hydrogens is 164 g/mol. The normalized spacial score (nSPS) is 44.4. The molecule has 0 aromatic carbocycles. The molecule has 2 nitrogen and oxygen atoms in total. The Kier molecular flexibility index (Phi) is 2.33. The van der Waals surface area contributed by atoms with E-state index in [2.05, 4.69) is 6.58 Å². The Bertz CT molecular complexity index is 200. The Morgan fingerprint density at radius 1 is 1.15 bits per heavy atom. The van der Waals surface area contributed by atoms with E-state index < -0.39 is 11.2 Å². The maximum Gasteiger partial charge on any atom is 0.116 e. The molecule has 0 aromatic heterocycles. The highest BCUT2D eigenvalue weighted by Gasteiger charge is 2.55. The first-order valence-corrected chi connectivity index (χ1v) is 4.85. The van der Waals surface area contributed by atoms with E-state index in [1.54, 1.807) is 6.92 Å². The average Bonchev–Trinajstić information content (AvgIpc) is 1.99. The van der Waals surface area contributed by atoms with Gasteiger partial charge in [0.2, 0.25) is 0 Å². The van der Waals surface area contributed by atoms with Gasteiger partial charge in [0.15, 0.2) is 0 Å². The molecule has 0 radical (unpaired) electrons. The van der Waals surface area contributed by atoms with Gasteiger partial charge in [0.25, 0.3) is 0 Å². The Hall–Kier alpha value is -0.340. The Balaban J connectivity index is 3.12. The molecule has 76 valence electrons. The van der Waals surface area contributed by atoms with Gasteiger partial charge in [-0.15, -0.1) is 6.58 Å². The number of rotatable bonds is 1. The summed E-state index contributed by atoms with van der Waals surface area (Å²) in [5.74, 6) is 0. The molecule has 1 saturated carbocycles. The SMILES string of the molecule is C=CC1(O)C(C)(C)CCCC1(C)O. The molecule has 0 amide bonds. The highest BCUT2D eigenvalue weighted by atomic mass is 16.4. The zero-order chi connectivity index (χ0) is 10.3. The highest BCUT2D eigenvalue weighted by Crippen LogP contribution is 2.49. The van der Waals surface area contributed by atoms with Gasteiger partial charge in [0.1, 0.15) is 5.60 Å². The molecule has 0 aliphatic heterocycles. The maximum absolute atomic E-state index is 10.4. The van der Waals surface area contributed by atoms with Crippen LogP contribution in [0.2, 0.25) is 0 Å². The fourth-order valence-corrected chi connectivity index (χ4v) is 2.48. The van der Waals surface area contributed by atoms with Gasteiger partial charge in [-0.2, -0.15) is 0 Å². The minimum atomic E-state index is -1.17. The smallest absolute Gasteiger partial charge is 0.116 e. The zero-order valence-electron chi connectivity index (χ0n) is 8.80. The topological polar surface area (TPSA) is 40.5 Å². The first-order chi connectivity index (χ1) is 5.77. The van der Waals surface area contributed by atoms with Crippen LogP contribution in [0.3, 0.4) is 0 Å². The van der Waals surface area contributed by atoms with Crippen molar-refractivity contribution >= 4 is 0 Å². The third kappa shape index (κ3) is 1.32. The van der Waals surface area contributed by atoms with Gasteiger partial charge in [0.05, 0.1) is 5.60 Å². The Morgan fingerprint density at radius 2 is 1.69 bits per heavy atom. The van der Waals surface area contributed by atoms with Crippen LogP contribution in [0.1, 0.15) is 40.0 Å². The van der Waals surface area contributed by atoms with Crippen LogP contribution in [0.5, 0.6) is 0 Å². The summed E-state index contributed by atoms with van der Waals surface area (Å²) in [5.41, 5.74) is -2.51. The second-order valence-electron chi connectivity index (χ2n) is 4.98. The van der Waals surface area contributed by atoms with Crippen LogP contribution in [-0.4, -0.2) is 21.4 Å². The second-order valence-corrected chi connectivity index (χ2v) is 4.98. The van der Waals surface area contributed by atoms with E-state index in [1.165, 1.54) is 6.08 Å². The van der Waals surface area contributed by atoms with Gasteiger partial charge in [-0.3, -0.25) is 0 Å². The van der Waals surface area contributed by atoms with Gasteiger partial charge in [-0.25, -0.2) is 0 Å². The lowest BCUT2D eigenvalue weighted by Gasteiger charge is -2.53. The third-order valence-corrected chi connectivity index (χ3v) is 3.61. The largest absolute Gasteiger partial charge is 0.387 e. The molecular formula is C11H20O2. The molecule has 1 fully saturated rings. The molecule has 1 aliphatic carbocycles. The predicted octanol–water partition coefficient (Wildman–Crippen LogP) is 1.86. The minimum Gasteiger partial charge on any atom is -0.387 e. The fourth-order valence-electron chi connectivity index (χ4n) is 2.48. The molecule has 0 spiro atoms. The van der Waals surface area contributed by atoms with Crippen LogP contribution in [0.25, 0.3) is 0 Å². The van der Waals surface area contributed by atoms with Crippen molar-refractivity contribution in [2.24, 2.45) is 5.41 Å². The lowest BCUT2D eigenvalue weighted by Crippen LogP contribution is -2.62. The first-order valence-electron chi connectivity index (χ1n) is 4.85. The summed E-state index contributed by atoms with van der Waals surface area (Å²) in [6.45, 7) is 9.28. The van der Waals surface area contributed by atoms with Crippen LogP contribution in [0, 0.1) is 5.41 Å². The Morgan fingerprint density at radius 3 is 2.00 bits per heavy atom. The number of hydrogen-bond acceptors (Lipinski definition) is 2. The molecule has 13 heavy (non-hydrogen) atoms. The van der Waals surface area contributed by atoms with Crippen LogP contribution in [-0.2, 0) is 0 Å². The Labute approximate surface area is 80.3 Å². The highest BCUT2D eigenvalue weighted by molar-refractivity contribution is 5.17. The quantitative estimate of drug-likeness (QED) is 0.611. The summed E-state index contributed by atoms with van der Waals surface area (Å²) >= 11 is 0. The van der Waals surface area contributed by atoms with E-state index in [9.17, 15) is 10.2 Å². The molecule has 1 rings (SSSR count). The molecule has 0 bridgehead atoms. The van der Waals surface area contributed by atoms with Crippen LogP contribution in [0.15, 0.2) is 12.7 Å². The summed E-state index contributed by atoms with van der Waals surface area (Å²) in [6.07, 6.45) is 4.01. The van der Waals surface area contributed by atoms with Crippen LogP contribution < -0.4 is 0 Å². The second kappa shape index (κ2) is 2.82. The van der Waals surface area contributed by atoms with Crippen molar-refractivity contribution in [1.82, 2.24) is 0 Å². The number of hydrogen-bond donors (Lipinski definition) is 2. The lowest BCUT2D eigenvalue weighted by molar-refractivity contribution is -0.194. The summed E-state index contributed by atoms with van der Waals surface area (Å²) < 4.78 is 0. The minimum absolute atomic E-state index is 0.295. The summed E-state index contributed by atoms with van der Waals surface area (Å²) in [5, 5.41) is 20.5. The van der Waals surface area contributed by atoms with E-state index in [0.29, 0.717) is 6.42 Å². The van der Waals surface area contributed by atoms with E-state index in [-0.39, 0.29) is 5.41 Å². The zero-order valence-corrected chi connectivity index (χ0v) is 8.80. The molecule has 2 heteroatoms. The van der Waals surface area contributed by atoms with Gasteiger partial charge < -0.3 is 10.2 Å². The van der Waals surface area contributed by atoms with Gasteiger partial charge in [-0.1, -0.05) is 19.9 Å². The summed E-state index contributed by atoms with van der Waals surface area (Å²) in [6, 6.07) is 0. The van der Waals surface area contributed by atoms with Gasteiger partial charge in [0, 0.05) is 0 Å². The van der Waals surface area contributed by atoms with Gasteiger partial charge in [-0.05, 0) is 31.6 Å².